The highest BCUT2D eigenvalue weighted by Gasteiger charge is 2.17. The second-order valence-corrected chi connectivity index (χ2v) is 5.54. The first-order valence-electron chi connectivity index (χ1n) is 4.25. The van der Waals surface area contributed by atoms with E-state index < -0.39 is 9.05 Å². The quantitative estimate of drug-likeness (QED) is 0.803. The van der Waals surface area contributed by atoms with Crippen molar-refractivity contribution in [2.75, 3.05) is 6.54 Å². The summed E-state index contributed by atoms with van der Waals surface area (Å²) >= 11 is 0. The van der Waals surface area contributed by atoms with Crippen LogP contribution >= 0.6 is 10.7 Å². The smallest absolute Gasteiger partial charge is 0.267 e. The topological polar surface area (TPSA) is 68.2 Å². The molecule has 7 heteroatoms. The largest absolute Gasteiger partial charge is 0.351 e. The summed E-state index contributed by atoms with van der Waals surface area (Å²) in [5, 5.41) is 2.57. The summed E-state index contributed by atoms with van der Waals surface area (Å²) in [5.41, 5.74) is 0.260. The minimum absolute atomic E-state index is 0.0760. The molecular weight excluding hydrogens is 240 g/mol. The van der Waals surface area contributed by atoms with E-state index in [-0.39, 0.29) is 16.5 Å². The first-order chi connectivity index (χ1) is 6.86. The molecule has 1 aromatic heterocycles. The third-order valence-electron chi connectivity index (χ3n) is 1.83. The van der Waals surface area contributed by atoms with Gasteiger partial charge in [0.05, 0.1) is 0 Å². The number of aryl methyl sites for hydroxylation is 1. The molecule has 5 nitrogen and oxygen atoms in total. The molecule has 0 aliphatic heterocycles. The molecule has 1 amide bonds. The number of nitrogens with one attached hydrogen (secondary N) is 1. The first kappa shape index (κ1) is 12.1. The van der Waals surface area contributed by atoms with Gasteiger partial charge in [0.25, 0.3) is 15.0 Å². The van der Waals surface area contributed by atoms with Gasteiger partial charge in [-0.3, -0.25) is 4.79 Å². The predicted molar refractivity (Wildman–Crippen MR) is 56.5 cm³/mol. The minimum atomic E-state index is -3.78. The van der Waals surface area contributed by atoms with Gasteiger partial charge in [0.2, 0.25) is 0 Å². The average Bonchev–Trinajstić information content (AvgIpc) is 2.47. The number of hydrogen-bond donors (Lipinski definition) is 1. The van der Waals surface area contributed by atoms with Crippen molar-refractivity contribution in [2.24, 2.45) is 7.05 Å². The third kappa shape index (κ3) is 2.73. The van der Waals surface area contributed by atoms with E-state index in [4.69, 9.17) is 10.7 Å². The van der Waals surface area contributed by atoms with E-state index in [9.17, 15) is 13.2 Å². The second kappa shape index (κ2) is 4.24. The van der Waals surface area contributed by atoms with Crippen molar-refractivity contribution in [3.63, 3.8) is 0 Å². The van der Waals surface area contributed by atoms with Gasteiger partial charge < -0.3 is 9.88 Å². The van der Waals surface area contributed by atoms with Crippen molar-refractivity contribution in [3.05, 3.63) is 18.0 Å². The van der Waals surface area contributed by atoms with Crippen LogP contribution in [0.25, 0.3) is 0 Å². The molecule has 1 heterocycles. The van der Waals surface area contributed by atoms with Gasteiger partial charge in [0.15, 0.2) is 0 Å². The number of nitrogens with zero attached hydrogens (tertiary/aromatic N) is 1. The van der Waals surface area contributed by atoms with E-state index in [1.165, 1.54) is 16.8 Å². The maximum atomic E-state index is 11.4. The van der Waals surface area contributed by atoms with Gasteiger partial charge in [-0.1, -0.05) is 0 Å². The van der Waals surface area contributed by atoms with Gasteiger partial charge in [-0.15, -0.1) is 0 Å². The van der Waals surface area contributed by atoms with E-state index in [0.29, 0.717) is 6.54 Å². The lowest BCUT2D eigenvalue weighted by Crippen LogP contribution is -2.24. The van der Waals surface area contributed by atoms with Gasteiger partial charge in [-0.25, -0.2) is 8.42 Å². The molecule has 0 saturated carbocycles. The lowest BCUT2D eigenvalue weighted by atomic mass is 10.4. The molecule has 0 spiro atoms. The zero-order valence-electron chi connectivity index (χ0n) is 8.32. The monoisotopic (exact) mass is 250 g/mol. The zero-order valence-corrected chi connectivity index (χ0v) is 9.89. The summed E-state index contributed by atoms with van der Waals surface area (Å²) in [6.45, 7) is 2.26. The highest BCUT2D eigenvalue weighted by molar-refractivity contribution is 8.13. The summed E-state index contributed by atoms with van der Waals surface area (Å²) in [6.07, 6.45) is 1.30. The molecule has 84 valence electrons. The Hall–Kier alpha value is -1.01. The summed E-state index contributed by atoms with van der Waals surface area (Å²) in [6, 6.07) is 1.24. The van der Waals surface area contributed by atoms with Crippen LogP contribution in [-0.4, -0.2) is 25.4 Å². The Balaban J connectivity index is 3.13. The molecule has 0 fully saturated rings. The Morgan fingerprint density at radius 2 is 2.20 bits per heavy atom. The van der Waals surface area contributed by atoms with Crippen LogP contribution < -0.4 is 5.32 Å². The summed E-state index contributed by atoms with van der Waals surface area (Å²) in [7, 11) is 2.95. The Kier molecular flexibility index (Phi) is 3.41. The Bertz CT molecular complexity index is 478. The number of hydrogen-bond acceptors (Lipinski definition) is 3. The first-order valence-corrected chi connectivity index (χ1v) is 6.56. The number of aromatic nitrogens is 1. The summed E-state index contributed by atoms with van der Waals surface area (Å²) in [5.74, 6) is -0.327. The highest BCUT2D eigenvalue weighted by Crippen LogP contribution is 2.17. The lowest BCUT2D eigenvalue weighted by Gasteiger charge is -2.01. The van der Waals surface area contributed by atoms with Gasteiger partial charge in [-0.2, -0.15) is 0 Å². The Morgan fingerprint density at radius 1 is 1.60 bits per heavy atom. The molecule has 1 aromatic rings. The number of carbonyl (C=O) groups is 1. The molecule has 15 heavy (non-hydrogen) atoms. The molecule has 0 aliphatic rings. The SMILES string of the molecule is CCNC(=O)c1cc(S(=O)(=O)Cl)cn1C. The minimum Gasteiger partial charge on any atom is -0.351 e. The molecule has 0 saturated heterocycles. The molecule has 1 N–H and O–H groups in total. The zero-order chi connectivity index (χ0) is 11.6. The Labute approximate surface area is 92.5 Å². The normalized spacial score (nSPS) is 11.4. The van der Waals surface area contributed by atoms with E-state index >= 15 is 0 Å². The molecule has 0 unspecified atom stereocenters. The van der Waals surface area contributed by atoms with Gasteiger partial charge >= 0.3 is 0 Å². The molecule has 1 rings (SSSR count). The molecule has 0 bridgehead atoms. The number of amides is 1. The van der Waals surface area contributed by atoms with Crippen LogP contribution in [0.1, 0.15) is 17.4 Å². The molecule has 0 aliphatic carbocycles. The third-order valence-corrected chi connectivity index (χ3v) is 3.15. The fourth-order valence-corrected chi connectivity index (χ4v) is 1.93. The van der Waals surface area contributed by atoms with Crippen LogP contribution in [-0.2, 0) is 16.1 Å². The van der Waals surface area contributed by atoms with Crippen LogP contribution in [0.3, 0.4) is 0 Å². The predicted octanol–water partition coefficient (Wildman–Crippen LogP) is 0.702. The van der Waals surface area contributed by atoms with Gasteiger partial charge in [0.1, 0.15) is 10.6 Å². The van der Waals surface area contributed by atoms with Crippen molar-refractivity contribution in [2.45, 2.75) is 11.8 Å². The van der Waals surface area contributed by atoms with Crippen molar-refractivity contribution in [1.29, 1.82) is 0 Å². The van der Waals surface area contributed by atoms with Crippen LogP contribution in [0.2, 0.25) is 0 Å². The molecule has 0 radical (unpaired) electrons. The second-order valence-electron chi connectivity index (χ2n) is 2.97. The van der Waals surface area contributed by atoms with Crippen LogP contribution in [0.4, 0.5) is 0 Å². The van der Waals surface area contributed by atoms with E-state index in [0.717, 1.165) is 0 Å². The summed E-state index contributed by atoms with van der Waals surface area (Å²) in [4.78, 5) is 11.4. The number of rotatable bonds is 3. The standard InChI is InChI=1S/C8H11ClN2O3S/c1-3-10-8(12)7-4-6(5-11(7)2)15(9,13)14/h4-5H,3H2,1-2H3,(H,10,12). The Morgan fingerprint density at radius 3 is 2.60 bits per heavy atom. The van der Waals surface area contributed by atoms with Crippen LogP contribution in [0, 0.1) is 0 Å². The van der Waals surface area contributed by atoms with Crippen LogP contribution in [0.15, 0.2) is 17.2 Å². The fraction of sp³-hybridized carbons (Fsp3) is 0.375. The molecular formula is C8H11ClN2O3S. The van der Waals surface area contributed by atoms with Crippen molar-refractivity contribution in [3.8, 4) is 0 Å². The van der Waals surface area contributed by atoms with Gasteiger partial charge in [-0.05, 0) is 13.0 Å². The average molecular weight is 251 g/mol. The maximum absolute atomic E-state index is 11.4. The van der Waals surface area contributed by atoms with Crippen molar-refractivity contribution < 1.29 is 13.2 Å². The van der Waals surface area contributed by atoms with Crippen molar-refractivity contribution >= 4 is 25.6 Å². The highest BCUT2D eigenvalue weighted by atomic mass is 35.7. The lowest BCUT2D eigenvalue weighted by molar-refractivity contribution is 0.0947. The molecule has 0 aromatic carbocycles. The number of halogens is 1. The van der Waals surface area contributed by atoms with Crippen LogP contribution in [0.5, 0.6) is 0 Å². The van der Waals surface area contributed by atoms with Gasteiger partial charge in [0, 0.05) is 30.5 Å². The van der Waals surface area contributed by atoms with Crippen molar-refractivity contribution in [1.82, 2.24) is 9.88 Å². The van der Waals surface area contributed by atoms with E-state index in [2.05, 4.69) is 5.32 Å². The van der Waals surface area contributed by atoms with E-state index in [1.54, 1.807) is 14.0 Å². The van der Waals surface area contributed by atoms with E-state index in [1.807, 2.05) is 0 Å². The summed E-state index contributed by atoms with van der Waals surface area (Å²) < 4.78 is 23.4. The fourth-order valence-electron chi connectivity index (χ4n) is 1.14. The maximum Gasteiger partial charge on any atom is 0.267 e. The molecule has 0 atom stereocenters. The number of carbonyl (C=O) groups excluding carboxylic acids is 1.